The van der Waals surface area contributed by atoms with E-state index in [1.807, 2.05) is 12.1 Å². The second-order valence-corrected chi connectivity index (χ2v) is 5.40. The predicted octanol–water partition coefficient (Wildman–Crippen LogP) is 2.67. The number of aromatic hydroxyl groups is 3. The first kappa shape index (κ1) is 10.7. The molecule has 0 atom stereocenters. The summed E-state index contributed by atoms with van der Waals surface area (Å²) in [5.74, 6) is 0.327. The van der Waals surface area contributed by atoms with Gasteiger partial charge in [0.2, 0.25) is 0 Å². The van der Waals surface area contributed by atoms with Gasteiger partial charge in [-0.3, -0.25) is 0 Å². The summed E-state index contributed by atoms with van der Waals surface area (Å²) in [6, 6.07) is 5.32. The molecule has 2 aromatic rings. The number of aryl methyl sites for hydroxylation is 3. The van der Waals surface area contributed by atoms with Crippen molar-refractivity contribution in [3.05, 3.63) is 40.5 Å². The van der Waals surface area contributed by atoms with E-state index in [4.69, 9.17) is 0 Å². The van der Waals surface area contributed by atoms with Gasteiger partial charge >= 0.3 is 0 Å². The highest BCUT2D eigenvalue weighted by molar-refractivity contribution is 5.84. The van der Waals surface area contributed by atoms with E-state index >= 15 is 0 Å². The summed E-state index contributed by atoms with van der Waals surface area (Å²) in [6.07, 6.45) is 3.21. The van der Waals surface area contributed by atoms with E-state index in [0.717, 1.165) is 52.6 Å². The van der Waals surface area contributed by atoms with Gasteiger partial charge in [0.05, 0.1) is 0 Å². The molecule has 0 bridgehead atoms. The molecule has 0 unspecified atom stereocenters. The molecular weight excluding hydrogens is 240 g/mol. The lowest BCUT2D eigenvalue weighted by atomic mass is 9.75. The number of rotatable bonds is 0. The van der Waals surface area contributed by atoms with Crippen molar-refractivity contribution < 1.29 is 15.3 Å². The summed E-state index contributed by atoms with van der Waals surface area (Å²) < 4.78 is 0. The van der Waals surface area contributed by atoms with Crippen molar-refractivity contribution in [2.24, 2.45) is 0 Å². The molecule has 3 nitrogen and oxygen atoms in total. The van der Waals surface area contributed by atoms with E-state index in [2.05, 4.69) is 0 Å². The van der Waals surface area contributed by atoms with Gasteiger partial charge in [0.15, 0.2) is 11.5 Å². The Kier molecular flexibility index (Phi) is 1.94. The molecule has 96 valence electrons. The topological polar surface area (TPSA) is 60.7 Å². The minimum Gasteiger partial charge on any atom is -0.508 e. The summed E-state index contributed by atoms with van der Waals surface area (Å²) in [6.45, 7) is 0. The van der Waals surface area contributed by atoms with Crippen LogP contribution in [0.1, 0.15) is 22.3 Å². The van der Waals surface area contributed by atoms with E-state index in [1.54, 1.807) is 6.07 Å². The number of hydrogen-bond acceptors (Lipinski definition) is 3. The first-order valence-corrected chi connectivity index (χ1v) is 6.57. The monoisotopic (exact) mass is 254 g/mol. The van der Waals surface area contributed by atoms with Crippen LogP contribution in [0.5, 0.6) is 17.2 Å². The van der Waals surface area contributed by atoms with Crippen LogP contribution in [-0.2, 0) is 25.7 Å². The van der Waals surface area contributed by atoms with Crippen LogP contribution in [-0.4, -0.2) is 15.3 Å². The quantitative estimate of drug-likeness (QED) is 0.633. The van der Waals surface area contributed by atoms with Gasteiger partial charge in [-0.2, -0.15) is 0 Å². The van der Waals surface area contributed by atoms with Crippen molar-refractivity contribution in [3.63, 3.8) is 0 Å². The maximum absolute atomic E-state index is 10.1. The standard InChI is InChI=1S/C16H14O3/c17-11-5-8-1-2-10-7-13(18)16(19)12-4-3-9(6-11)14(8)15(10)12/h5-7,17-19H,1-4H2. The molecule has 2 aliphatic rings. The Morgan fingerprint density at radius 1 is 0.684 bits per heavy atom. The molecule has 0 saturated heterocycles. The third-order valence-corrected chi connectivity index (χ3v) is 4.31. The van der Waals surface area contributed by atoms with Crippen LogP contribution >= 0.6 is 0 Å². The Balaban J connectivity index is 2.13. The number of benzene rings is 2. The lowest BCUT2D eigenvalue weighted by Crippen LogP contribution is -2.14. The maximum Gasteiger partial charge on any atom is 0.161 e. The van der Waals surface area contributed by atoms with Crippen molar-refractivity contribution in [2.45, 2.75) is 25.7 Å². The Morgan fingerprint density at radius 3 is 1.95 bits per heavy atom. The van der Waals surface area contributed by atoms with Crippen LogP contribution in [0, 0.1) is 0 Å². The third-order valence-electron chi connectivity index (χ3n) is 4.31. The molecule has 0 radical (unpaired) electrons. The van der Waals surface area contributed by atoms with Crippen LogP contribution in [0.4, 0.5) is 0 Å². The van der Waals surface area contributed by atoms with Crippen LogP contribution in [0.2, 0.25) is 0 Å². The predicted molar refractivity (Wildman–Crippen MR) is 71.7 cm³/mol. The molecule has 0 spiro atoms. The molecule has 19 heavy (non-hydrogen) atoms. The van der Waals surface area contributed by atoms with Gasteiger partial charge in [-0.25, -0.2) is 0 Å². The second kappa shape index (κ2) is 3.44. The fourth-order valence-electron chi connectivity index (χ4n) is 3.52. The van der Waals surface area contributed by atoms with E-state index in [1.165, 1.54) is 0 Å². The largest absolute Gasteiger partial charge is 0.508 e. The molecule has 3 heteroatoms. The normalized spacial score (nSPS) is 15.2. The van der Waals surface area contributed by atoms with Crippen molar-refractivity contribution >= 4 is 0 Å². The van der Waals surface area contributed by atoms with Crippen molar-refractivity contribution in [3.8, 4) is 28.4 Å². The summed E-state index contributed by atoms with van der Waals surface area (Å²) in [7, 11) is 0. The molecule has 0 aliphatic heterocycles. The smallest absolute Gasteiger partial charge is 0.161 e. The van der Waals surface area contributed by atoms with Crippen LogP contribution in [0.3, 0.4) is 0 Å². The molecule has 4 rings (SSSR count). The average molecular weight is 254 g/mol. The first-order chi connectivity index (χ1) is 9.15. The minimum atomic E-state index is -0.0144. The number of phenolic OH excluding ortho intramolecular Hbond substituents is 3. The number of phenols is 3. The zero-order valence-corrected chi connectivity index (χ0v) is 10.4. The molecule has 3 N–H and O–H groups in total. The maximum atomic E-state index is 10.1. The minimum absolute atomic E-state index is 0.0144. The highest BCUT2D eigenvalue weighted by atomic mass is 16.3. The zero-order valence-electron chi connectivity index (χ0n) is 10.4. The number of hydrogen-bond donors (Lipinski definition) is 3. The zero-order chi connectivity index (χ0) is 13.1. The average Bonchev–Trinajstić information content (AvgIpc) is 2.39. The molecule has 0 amide bonds. The molecule has 0 heterocycles. The molecule has 0 aromatic heterocycles. The van der Waals surface area contributed by atoms with E-state index in [9.17, 15) is 15.3 Å². The van der Waals surface area contributed by atoms with E-state index in [0.29, 0.717) is 12.2 Å². The SMILES string of the molecule is Oc1cc2c3c(c1)CCc1c(O)c(O)cc(c1-3)CC2. The lowest BCUT2D eigenvalue weighted by Gasteiger charge is -2.30. The molecule has 2 aliphatic carbocycles. The Bertz CT molecular complexity index is 699. The van der Waals surface area contributed by atoms with E-state index in [-0.39, 0.29) is 11.5 Å². The van der Waals surface area contributed by atoms with Gasteiger partial charge < -0.3 is 15.3 Å². The Morgan fingerprint density at radius 2 is 1.26 bits per heavy atom. The summed E-state index contributed by atoms with van der Waals surface area (Å²) in [5.41, 5.74) is 6.49. The van der Waals surface area contributed by atoms with Crippen molar-refractivity contribution in [2.75, 3.05) is 0 Å². The third kappa shape index (κ3) is 1.33. The van der Waals surface area contributed by atoms with Gasteiger partial charge in [0, 0.05) is 5.56 Å². The van der Waals surface area contributed by atoms with Crippen LogP contribution in [0.25, 0.3) is 11.1 Å². The van der Waals surface area contributed by atoms with Gasteiger partial charge in [-0.1, -0.05) is 0 Å². The van der Waals surface area contributed by atoms with Crippen molar-refractivity contribution in [1.29, 1.82) is 0 Å². The summed E-state index contributed by atoms with van der Waals surface area (Å²) in [4.78, 5) is 0. The lowest BCUT2D eigenvalue weighted by molar-refractivity contribution is 0.398. The second-order valence-electron chi connectivity index (χ2n) is 5.40. The van der Waals surface area contributed by atoms with Gasteiger partial charge in [0.1, 0.15) is 5.75 Å². The Hall–Kier alpha value is -2.16. The molecular formula is C16H14O3. The summed E-state index contributed by atoms with van der Waals surface area (Å²) >= 11 is 0. The fourth-order valence-corrected chi connectivity index (χ4v) is 3.52. The highest BCUT2D eigenvalue weighted by Crippen LogP contribution is 2.49. The summed E-state index contributed by atoms with van der Waals surface area (Å²) in [5, 5.41) is 29.7. The first-order valence-electron chi connectivity index (χ1n) is 6.57. The van der Waals surface area contributed by atoms with Crippen LogP contribution < -0.4 is 0 Å². The van der Waals surface area contributed by atoms with Gasteiger partial charge in [0.25, 0.3) is 0 Å². The highest BCUT2D eigenvalue weighted by Gasteiger charge is 2.29. The van der Waals surface area contributed by atoms with Gasteiger partial charge in [-0.05, 0) is 71.7 Å². The van der Waals surface area contributed by atoms with E-state index < -0.39 is 0 Å². The van der Waals surface area contributed by atoms with Crippen molar-refractivity contribution in [1.82, 2.24) is 0 Å². The fraction of sp³-hybridized carbons (Fsp3) is 0.250. The molecule has 0 saturated carbocycles. The molecule has 0 fully saturated rings. The molecule has 2 aromatic carbocycles. The van der Waals surface area contributed by atoms with Gasteiger partial charge in [-0.15, -0.1) is 0 Å². The Labute approximate surface area is 110 Å². The van der Waals surface area contributed by atoms with Crippen LogP contribution in [0.15, 0.2) is 18.2 Å².